The van der Waals surface area contributed by atoms with E-state index in [-0.39, 0.29) is 25.7 Å². The number of rotatable bonds is 81. The second-order valence-corrected chi connectivity index (χ2v) is 33.1. The maximum atomic E-state index is 13.1. The third-order valence-corrected chi connectivity index (χ3v) is 21.5. The van der Waals surface area contributed by atoms with E-state index in [1.807, 2.05) is 0 Å². The highest BCUT2D eigenvalue weighted by atomic mass is 31.2. The van der Waals surface area contributed by atoms with E-state index in [1.54, 1.807) is 0 Å². The Bertz CT molecular complexity index is 1940. The Kier molecular flexibility index (Phi) is 72.2. The van der Waals surface area contributed by atoms with Gasteiger partial charge in [-0.25, -0.2) is 9.13 Å². The first-order chi connectivity index (χ1) is 48.9. The van der Waals surface area contributed by atoms with Crippen LogP contribution in [0, 0.1) is 11.8 Å². The summed E-state index contributed by atoms with van der Waals surface area (Å²) >= 11 is 0. The molecular formula is C82H160O17P2. The molecule has 600 valence electrons. The van der Waals surface area contributed by atoms with Gasteiger partial charge in [0.05, 0.1) is 26.4 Å². The number of hydrogen-bond acceptors (Lipinski definition) is 15. The molecule has 17 nitrogen and oxygen atoms in total. The Morgan fingerprint density at radius 1 is 0.287 bits per heavy atom. The predicted octanol–water partition coefficient (Wildman–Crippen LogP) is 24.7. The standard InChI is InChI=1S/C82H160O17P2/c1-7-10-12-14-16-17-18-19-20-21-22-23-24-25-32-37-42-48-54-60-66-82(87)99-78(71-93-80(85)65-59-53-47-41-36-31-27-26-30-35-40-46-51-57-63-75(6)9-3)73-97-101(90,91)95-69-76(83)68-94-100(88,89)96-72-77(70-92-79(84)64-58-52-44-15-13-11-8-2)98-81(86)67-61-55-49-43-38-33-28-29-34-39-45-50-56-62-74(4)5/h74-78,83H,7-73H2,1-6H3,(H,88,89)(H,90,91)/t75?,76-,77+,78+/m0/s1. The lowest BCUT2D eigenvalue weighted by molar-refractivity contribution is -0.161. The van der Waals surface area contributed by atoms with Crippen LogP contribution in [0.4, 0.5) is 0 Å². The molecule has 0 spiro atoms. The highest BCUT2D eigenvalue weighted by molar-refractivity contribution is 7.47. The van der Waals surface area contributed by atoms with Gasteiger partial charge in [0.1, 0.15) is 19.3 Å². The van der Waals surface area contributed by atoms with Crippen LogP contribution in [0.2, 0.25) is 0 Å². The largest absolute Gasteiger partial charge is 0.472 e. The molecule has 0 bridgehead atoms. The number of ether oxygens (including phenoxy) is 4. The minimum absolute atomic E-state index is 0.107. The van der Waals surface area contributed by atoms with E-state index in [0.29, 0.717) is 25.7 Å². The SMILES string of the molecule is CCCCCCCCCCCCCCCCCCCCCCC(=O)O[C@H](COC(=O)CCCCCCCCCCCCCCCCC(C)CC)COP(=O)(O)OC[C@@H](O)COP(=O)(O)OC[C@@H](COC(=O)CCCCCCCCC)OC(=O)CCCCCCCCCCCCCCCC(C)C. The number of phosphoric acid groups is 2. The Hall–Kier alpha value is -1.94. The van der Waals surface area contributed by atoms with Crippen LogP contribution in [0.5, 0.6) is 0 Å². The van der Waals surface area contributed by atoms with Gasteiger partial charge >= 0.3 is 39.5 Å². The van der Waals surface area contributed by atoms with Crippen molar-refractivity contribution >= 4 is 39.5 Å². The van der Waals surface area contributed by atoms with Crippen molar-refractivity contribution < 1.29 is 80.2 Å². The first-order valence-corrected chi connectivity index (χ1v) is 45.5. The zero-order valence-corrected chi connectivity index (χ0v) is 68.0. The first-order valence-electron chi connectivity index (χ1n) is 42.5. The summed E-state index contributed by atoms with van der Waals surface area (Å²) in [5, 5.41) is 10.6. The maximum absolute atomic E-state index is 13.1. The van der Waals surface area contributed by atoms with E-state index in [9.17, 15) is 43.2 Å². The van der Waals surface area contributed by atoms with Crippen molar-refractivity contribution in [3.8, 4) is 0 Å². The second-order valence-electron chi connectivity index (χ2n) is 30.2. The molecule has 0 aliphatic rings. The second kappa shape index (κ2) is 73.6. The molecule has 101 heavy (non-hydrogen) atoms. The topological polar surface area (TPSA) is 237 Å². The molecule has 0 radical (unpaired) electrons. The lowest BCUT2D eigenvalue weighted by Crippen LogP contribution is -2.30. The van der Waals surface area contributed by atoms with Crippen LogP contribution in [0.1, 0.15) is 433 Å². The third-order valence-electron chi connectivity index (χ3n) is 19.6. The van der Waals surface area contributed by atoms with Gasteiger partial charge in [-0.05, 0) is 37.5 Å². The molecule has 0 saturated heterocycles. The van der Waals surface area contributed by atoms with Crippen LogP contribution in [0.3, 0.4) is 0 Å². The summed E-state index contributed by atoms with van der Waals surface area (Å²) in [6.07, 6.45) is 64.0. The van der Waals surface area contributed by atoms with E-state index < -0.39 is 97.5 Å². The van der Waals surface area contributed by atoms with Crippen molar-refractivity contribution in [2.45, 2.75) is 452 Å². The van der Waals surface area contributed by atoms with Gasteiger partial charge in [-0.15, -0.1) is 0 Å². The summed E-state index contributed by atoms with van der Waals surface area (Å²) in [4.78, 5) is 72.9. The fourth-order valence-corrected chi connectivity index (χ4v) is 14.3. The average molecular weight is 1480 g/mol. The average Bonchev–Trinajstić information content (AvgIpc) is 0.955. The van der Waals surface area contributed by atoms with Crippen LogP contribution in [0.15, 0.2) is 0 Å². The van der Waals surface area contributed by atoms with Crippen molar-refractivity contribution in [3.63, 3.8) is 0 Å². The lowest BCUT2D eigenvalue weighted by Gasteiger charge is -2.21. The number of carbonyl (C=O) groups excluding carboxylic acids is 4. The van der Waals surface area contributed by atoms with Gasteiger partial charge in [0.2, 0.25) is 0 Å². The summed E-state index contributed by atoms with van der Waals surface area (Å²) < 4.78 is 68.6. The molecule has 0 aliphatic carbocycles. The van der Waals surface area contributed by atoms with Crippen LogP contribution < -0.4 is 0 Å². The third kappa shape index (κ3) is 74.7. The highest BCUT2D eigenvalue weighted by Gasteiger charge is 2.30. The summed E-state index contributed by atoms with van der Waals surface area (Å²) in [5.74, 6) is -0.475. The van der Waals surface area contributed by atoms with Crippen molar-refractivity contribution in [2.75, 3.05) is 39.6 Å². The molecule has 0 saturated carbocycles. The quantitative estimate of drug-likeness (QED) is 0.0222. The smallest absolute Gasteiger partial charge is 0.462 e. The van der Waals surface area contributed by atoms with E-state index in [0.717, 1.165) is 115 Å². The Labute approximate surface area is 619 Å². The molecule has 0 rings (SSSR count). The molecule has 0 aliphatic heterocycles. The number of aliphatic hydroxyl groups is 1. The number of hydrogen-bond donors (Lipinski definition) is 3. The van der Waals surface area contributed by atoms with Crippen LogP contribution >= 0.6 is 15.6 Å². The number of esters is 4. The monoisotopic (exact) mass is 1480 g/mol. The highest BCUT2D eigenvalue weighted by Crippen LogP contribution is 2.45. The Balaban J connectivity index is 5.18. The fourth-order valence-electron chi connectivity index (χ4n) is 12.7. The molecule has 0 fully saturated rings. The molecule has 0 amide bonds. The molecule has 0 heterocycles. The number of aliphatic hydroxyl groups excluding tert-OH is 1. The number of carbonyl (C=O) groups is 4. The van der Waals surface area contributed by atoms with Crippen LogP contribution in [0.25, 0.3) is 0 Å². The van der Waals surface area contributed by atoms with Crippen molar-refractivity contribution in [1.82, 2.24) is 0 Å². The zero-order chi connectivity index (χ0) is 74.2. The van der Waals surface area contributed by atoms with Crippen LogP contribution in [-0.4, -0.2) is 96.7 Å². The summed E-state index contributed by atoms with van der Waals surface area (Å²) in [6.45, 7) is 9.67. The molecule has 19 heteroatoms. The Morgan fingerprint density at radius 2 is 0.505 bits per heavy atom. The molecule has 6 atom stereocenters. The van der Waals surface area contributed by atoms with E-state index in [4.69, 9.17) is 37.0 Å². The van der Waals surface area contributed by atoms with Gasteiger partial charge in [-0.3, -0.25) is 37.3 Å². The summed E-state index contributed by atoms with van der Waals surface area (Å²) in [6, 6.07) is 0. The van der Waals surface area contributed by atoms with Gasteiger partial charge in [0, 0.05) is 25.7 Å². The van der Waals surface area contributed by atoms with E-state index >= 15 is 0 Å². The molecule has 0 aromatic carbocycles. The molecule has 3 N–H and O–H groups in total. The van der Waals surface area contributed by atoms with Crippen molar-refractivity contribution in [2.24, 2.45) is 11.8 Å². The number of unbranched alkanes of at least 4 members (excludes halogenated alkanes) is 50. The van der Waals surface area contributed by atoms with Gasteiger partial charge in [-0.2, -0.15) is 0 Å². The van der Waals surface area contributed by atoms with Crippen molar-refractivity contribution in [3.05, 3.63) is 0 Å². The lowest BCUT2D eigenvalue weighted by atomic mass is 9.99. The van der Waals surface area contributed by atoms with Gasteiger partial charge in [0.15, 0.2) is 12.2 Å². The van der Waals surface area contributed by atoms with E-state index in [1.165, 1.54) is 238 Å². The van der Waals surface area contributed by atoms with Crippen LogP contribution in [-0.2, 0) is 65.4 Å². The van der Waals surface area contributed by atoms with Gasteiger partial charge in [0.25, 0.3) is 0 Å². The summed E-state index contributed by atoms with van der Waals surface area (Å²) in [5.41, 5.74) is 0. The minimum atomic E-state index is -4.96. The predicted molar refractivity (Wildman–Crippen MR) is 414 cm³/mol. The molecular weight excluding hydrogens is 1320 g/mol. The normalized spacial score (nSPS) is 14.2. The van der Waals surface area contributed by atoms with E-state index in [2.05, 4.69) is 41.5 Å². The fraction of sp³-hybridized carbons (Fsp3) is 0.951. The maximum Gasteiger partial charge on any atom is 0.472 e. The van der Waals surface area contributed by atoms with Crippen molar-refractivity contribution in [1.29, 1.82) is 0 Å². The van der Waals surface area contributed by atoms with Gasteiger partial charge < -0.3 is 33.8 Å². The molecule has 0 aromatic rings. The zero-order valence-electron chi connectivity index (χ0n) is 66.2. The Morgan fingerprint density at radius 3 is 0.752 bits per heavy atom. The number of phosphoric ester groups is 2. The van der Waals surface area contributed by atoms with Gasteiger partial charge in [-0.1, -0.05) is 382 Å². The minimum Gasteiger partial charge on any atom is -0.462 e. The summed E-state index contributed by atoms with van der Waals surface area (Å²) in [7, 11) is -9.92. The molecule has 3 unspecified atom stereocenters. The molecule has 0 aromatic heterocycles. The first kappa shape index (κ1) is 99.1.